The molecular weight excluding hydrogens is 178 g/mol. The van der Waals surface area contributed by atoms with Gasteiger partial charge in [0.2, 0.25) is 5.91 Å². The first-order valence-corrected chi connectivity index (χ1v) is 4.29. The monoisotopic (exact) mass is 191 g/mol. The van der Waals surface area contributed by atoms with Gasteiger partial charge in [0.1, 0.15) is 5.75 Å². The number of phenols is 1. The molecule has 0 aliphatic heterocycles. The van der Waals surface area contributed by atoms with E-state index in [1.54, 1.807) is 32.1 Å². The maximum atomic E-state index is 10.8. The van der Waals surface area contributed by atoms with Gasteiger partial charge in [-0.2, -0.15) is 0 Å². The minimum Gasteiger partial charge on any atom is -0.507 e. The Hall–Kier alpha value is -1.77. The normalized spacial score (nSPS) is 11.4. The molecule has 0 atom stereocenters. The molecular formula is C11H13NO2. The Morgan fingerprint density at radius 2 is 2.14 bits per heavy atom. The van der Waals surface area contributed by atoms with Crippen LogP contribution in [0.25, 0.3) is 6.08 Å². The van der Waals surface area contributed by atoms with Crippen LogP contribution in [0, 0.1) is 6.92 Å². The molecule has 0 unspecified atom stereocenters. The number of aromatic hydroxyl groups is 1. The number of rotatable bonds is 2. The summed E-state index contributed by atoms with van der Waals surface area (Å²) in [6.07, 6.45) is 1.57. The topological polar surface area (TPSA) is 63.3 Å². The van der Waals surface area contributed by atoms with Crippen molar-refractivity contribution in [3.63, 3.8) is 0 Å². The quantitative estimate of drug-likeness (QED) is 0.697. The van der Waals surface area contributed by atoms with Crippen LogP contribution in [0.3, 0.4) is 0 Å². The van der Waals surface area contributed by atoms with Crippen LogP contribution in [0.15, 0.2) is 23.8 Å². The van der Waals surface area contributed by atoms with Gasteiger partial charge in [-0.05, 0) is 25.5 Å². The third-order valence-corrected chi connectivity index (χ3v) is 2.03. The summed E-state index contributed by atoms with van der Waals surface area (Å²) < 4.78 is 0. The molecule has 0 heterocycles. The zero-order valence-corrected chi connectivity index (χ0v) is 8.24. The number of aryl methyl sites for hydroxylation is 1. The van der Waals surface area contributed by atoms with Gasteiger partial charge in [0.15, 0.2) is 0 Å². The number of benzene rings is 1. The van der Waals surface area contributed by atoms with Crippen molar-refractivity contribution in [1.82, 2.24) is 0 Å². The molecule has 14 heavy (non-hydrogen) atoms. The van der Waals surface area contributed by atoms with Crippen molar-refractivity contribution in [2.24, 2.45) is 5.73 Å². The summed E-state index contributed by atoms with van der Waals surface area (Å²) in [7, 11) is 0. The van der Waals surface area contributed by atoms with Crippen LogP contribution in [0.5, 0.6) is 5.75 Å². The molecule has 0 bridgehead atoms. The van der Waals surface area contributed by atoms with Gasteiger partial charge in [-0.3, -0.25) is 4.79 Å². The fourth-order valence-electron chi connectivity index (χ4n) is 1.10. The van der Waals surface area contributed by atoms with Crippen LogP contribution >= 0.6 is 0 Å². The largest absolute Gasteiger partial charge is 0.507 e. The lowest BCUT2D eigenvalue weighted by atomic mass is 10.1. The van der Waals surface area contributed by atoms with Crippen molar-refractivity contribution in [2.45, 2.75) is 13.8 Å². The number of carbonyl (C=O) groups excluding carboxylic acids is 1. The van der Waals surface area contributed by atoms with Gasteiger partial charge >= 0.3 is 0 Å². The highest BCUT2D eigenvalue weighted by Gasteiger charge is 2.03. The second-order valence-corrected chi connectivity index (χ2v) is 3.20. The second-order valence-electron chi connectivity index (χ2n) is 3.20. The molecule has 3 heteroatoms. The number of carbonyl (C=O) groups is 1. The average Bonchev–Trinajstić information content (AvgIpc) is 2.12. The number of para-hydroxylation sites is 1. The Kier molecular flexibility index (Phi) is 2.92. The SMILES string of the molecule is CC(=Cc1cccc(C)c1O)C(N)=O. The van der Waals surface area contributed by atoms with E-state index in [0.717, 1.165) is 5.56 Å². The molecule has 0 aromatic heterocycles. The summed E-state index contributed by atoms with van der Waals surface area (Å²) in [6.45, 7) is 3.41. The van der Waals surface area contributed by atoms with Gasteiger partial charge in [-0.1, -0.05) is 18.2 Å². The van der Waals surface area contributed by atoms with E-state index in [2.05, 4.69) is 0 Å². The van der Waals surface area contributed by atoms with Crippen molar-refractivity contribution < 1.29 is 9.90 Å². The van der Waals surface area contributed by atoms with Crippen molar-refractivity contribution in [3.05, 3.63) is 34.9 Å². The molecule has 0 aliphatic rings. The molecule has 1 amide bonds. The van der Waals surface area contributed by atoms with Crippen LogP contribution in [0.4, 0.5) is 0 Å². The van der Waals surface area contributed by atoms with E-state index < -0.39 is 5.91 Å². The summed E-state index contributed by atoms with van der Waals surface area (Å²) in [6, 6.07) is 5.34. The van der Waals surface area contributed by atoms with Gasteiger partial charge in [0.25, 0.3) is 0 Å². The number of phenolic OH excluding ortho intramolecular Hbond substituents is 1. The van der Waals surface area contributed by atoms with Crippen LogP contribution in [0.2, 0.25) is 0 Å². The molecule has 0 fully saturated rings. The zero-order valence-electron chi connectivity index (χ0n) is 8.24. The van der Waals surface area contributed by atoms with Gasteiger partial charge < -0.3 is 10.8 Å². The van der Waals surface area contributed by atoms with E-state index in [1.807, 2.05) is 6.07 Å². The third-order valence-electron chi connectivity index (χ3n) is 2.03. The highest BCUT2D eigenvalue weighted by atomic mass is 16.3. The van der Waals surface area contributed by atoms with Crippen molar-refractivity contribution in [3.8, 4) is 5.75 Å². The van der Waals surface area contributed by atoms with Crippen LogP contribution in [0.1, 0.15) is 18.1 Å². The van der Waals surface area contributed by atoms with Gasteiger partial charge in [-0.15, -0.1) is 0 Å². The van der Waals surface area contributed by atoms with Gasteiger partial charge in [0.05, 0.1) is 0 Å². The van der Waals surface area contributed by atoms with E-state index in [0.29, 0.717) is 11.1 Å². The summed E-state index contributed by atoms with van der Waals surface area (Å²) in [5, 5.41) is 9.63. The van der Waals surface area contributed by atoms with Crippen molar-refractivity contribution in [2.75, 3.05) is 0 Å². The number of nitrogens with two attached hydrogens (primary N) is 1. The maximum Gasteiger partial charge on any atom is 0.244 e. The van der Waals surface area contributed by atoms with E-state index in [4.69, 9.17) is 5.73 Å². The van der Waals surface area contributed by atoms with E-state index in [9.17, 15) is 9.90 Å². The lowest BCUT2D eigenvalue weighted by Gasteiger charge is -2.03. The predicted molar refractivity (Wildman–Crippen MR) is 55.7 cm³/mol. The first-order valence-electron chi connectivity index (χ1n) is 4.29. The predicted octanol–water partition coefficient (Wildman–Crippen LogP) is 1.59. The van der Waals surface area contributed by atoms with Crippen molar-refractivity contribution in [1.29, 1.82) is 0 Å². The Morgan fingerprint density at radius 3 is 2.71 bits per heavy atom. The summed E-state index contributed by atoms with van der Waals surface area (Å²) >= 11 is 0. The smallest absolute Gasteiger partial charge is 0.244 e. The minimum atomic E-state index is -0.481. The molecule has 0 aliphatic carbocycles. The zero-order chi connectivity index (χ0) is 10.7. The van der Waals surface area contributed by atoms with Crippen molar-refractivity contribution >= 4 is 12.0 Å². The van der Waals surface area contributed by atoms with E-state index in [-0.39, 0.29) is 5.75 Å². The fourth-order valence-corrected chi connectivity index (χ4v) is 1.10. The summed E-state index contributed by atoms with van der Waals surface area (Å²) in [5.41, 5.74) is 6.89. The van der Waals surface area contributed by atoms with Crippen LogP contribution in [-0.2, 0) is 4.79 Å². The Morgan fingerprint density at radius 1 is 1.50 bits per heavy atom. The number of hydrogen-bond donors (Lipinski definition) is 2. The Balaban J connectivity index is 3.15. The highest BCUT2D eigenvalue weighted by molar-refractivity contribution is 5.96. The molecule has 3 N–H and O–H groups in total. The molecule has 1 aromatic carbocycles. The minimum absolute atomic E-state index is 0.188. The lowest BCUT2D eigenvalue weighted by Crippen LogP contribution is -2.11. The molecule has 1 aromatic rings. The summed E-state index contributed by atoms with van der Waals surface area (Å²) in [4.78, 5) is 10.8. The molecule has 3 nitrogen and oxygen atoms in total. The summed E-state index contributed by atoms with van der Waals surface area (Å²) in [5.74, 6) is -0.293. The fraction of sp³-hybridized carbons (Fsp3) is 0.182. The number of hydrogen-bond acceptors (Lipinski definition) is 2. The molecule has 0 spiro atoms. The maximum absolute atomic E-state index is 10.8. The second kappa shape index (κ2) is 3.96. The van der Waals surface area contributed by atoms with Gasteiger partial charge in [-0.25, -0.2) is 0 Å². The van der Waals surface area contributed by atoms with E-state index >= 15 is 0 Å². The van der Waals surface area contributed by atoms with Gasteiger partial charge in [0, 0.05) is 11.1 Å². The van der Waals surface area contributed by atoms with E-state index in [1.165, 1.54) is 0 Å². The number of amides is 1. The van der Waals surface area contributed by atoms with Crippen LogP contribution < -0.4 is 5.73 Å². The number of primary amides is 1. The standard InChI is InChI=1S/C11H13NO2/c1-7-4-3-5-9(10(7)13)6-8(2)11(12)14/h3-6,13H,1-2H3,(H2,12,14). The molecule has 0 saturated heterocycles. The Labute approximate surface area is 82.9 Å². The first-order chi connectivity index (χ1) is 6.52. The van der Waals surface area contributed by atoms with Crippen LogP contribution in [-0.4, -0.2) is 11.0 Å². The lowest BCUT2D eigenvalue weighted by molar-refractivity contribution is -0.114. The average molecular weight is 191 g/mol. The highest BCUT2D eigenvalue weighted by Crippen LogP contribution is 2.23. The third kappa shape index (κ3) is 2.13. The first kappa shape index (κ1) is 10.3. The Bertz CT molecular complexity index is 394. The molecule has 1 rings (SSSR count). The molecule has 0 radical (unpaired) electrons. The molecule has 0 saturated carbocycles. The molecule has 74 valence electrons.